The van der Waals surface area contributed by atoms with E-state index in [2.05, 4.69) is 0 Å². The van der Waals surface area contributed by atoms with Crippen LogP contribution in [-0.2, 0) is 15.5 Å². The molecule has 1 N–H and O–H groups in total. The highest BCUT2D eigenvalue weighted by atomic mass is 35.5. The summed E-state index contributed by atoms with van der Waals surface area (Å²) in [6, 6.07) is 7.20. The lowest BCUT2D eigenvalue weighted by Crippen LogP contribution is -2.29. The third-order valence-electron chi connectivity index (χ3n) is 4.29. The van der Waals surface area contributed by atoms with Crippen molar-refractivity contribution in [3.8, 4) is 11.3 Å². The molecule has 0 radical (unpaired) electrons. The molecule has 0 unspecified atom stereocenters. The lowest BCUT2D eigenvalue weighted by molar-refractivity contribution is -0.137. The highest BCUT2D eigenvalue weighted by molar-refractivity contribution is 8.26. The molecule has 0 atom stereocenters. The number of furan rings is 1. The number of hydrogen-bond acceptors (Lipinski definition) is 5. The number of halogens is 3. The third-order valence-corrected chi connectivity index (χ3v) is 5.98. The summed E-state index contributed by atoms with van der Waals surface area (Å²) in [5, 5.41) is 8.85. The lowest BCUT2D eigenvalue weighted by atomic mass is 10.1. The largest absolute Gasteiger partial charge is 0.481 e. The minimum Gasteiger partial charge on any atom is -0.481 e. The lowest BCUT2D eigenvalue weighted by Gasteiger charge is -2.13. The van der Waals surface area contributed by atoms with E-state index < -0.39 is 11.9 Å². The van der Waals surface area contributed by atoms with Crippen molar-refractivity contribution >= 4 is 57.9 Å². The molecule has 0 bridgehead atoms. The molecular formula is C20H16ClF2NO4S2. The first-order chi connectivity index (χ1) is 14.1. The fraction of sp³-hybridized carbons (Fsp3) is 0.250. The molecule has 1 aromatic carbocycles. The maximum atomic E-state index is 13.4. The van der Waals surface area contributed by atoms with E-state index in [1.165, 1.54) is 29.2 Å². The van der Waals surface area contributed by atoms with Crippen molar-refractivity contribution in [2.24, 2.45) is 0 Å². The van der Waals surface area contributed by atoms with Gasteiger partial charge in [0.1, 0.15) is 15.8 Å². The van der Waals surface area contributed by atoms with Crippen molar-refractivity contribution < 1.29 is 27.9 Å². The zero-order valence-corrected chi connectivity index (χ0v) is 18.0. The van der Waals surface area contributed by atoms with Gasteiger partial charge in [0.05, 0.1) is 9.93 Å². The molecule has 2 aromatic rings. The van der Waals surface area contributed by atoms with E-state index in [9.17, 15) is 18.4 Å². The van der Waals surface area contributed by atoms with Crippen LogP contribution in [0.4, 0.5) is 8.78 Å². The summed E-state index contributed by atoms with van der Waals surface area (Å²) in [5.74, 6) is -3.52. The molecule has 5 nitrogen and oxygen atoms in total. The predicted octanol–water partition coefficient (Wildman–Crippen LogP) is 5.78. The summed E-state index contributed by atoms with van der Waals surface area (Å²) in [4.78, 5) is 24.9. The average Bonchev–Trinajstić information content (AvgIpc) is 3.20. The summed E-state index contributed by atoms with van der Waals surface area (Å²) in [7, 11) is 0. The van der Waals surface area contributed by atoms with Crippen LogP contribution in [0.1, 0.15) is 31.1 Å². The van der Waals surface area contributed by atoms with Crippen molar-refractivity contribution in [2.75, 3.05) is 6.54 Å². The first-order valence-electron chi connectivity index (χ1n) is 8.81. The van der Waals surface area contributed by atoms with Gasteiger partial charge in [-0.25, -0.2) is 8.78 Å². The second-order valence-corrected chi connectivity index (χ2v) is 8.70. The molecule has 1 aromatic heterocycles. The Morgan fingerprint density at radius 2 is 2.10 bits per heavy atom. The number of carbonyl (C=O) groups excluding carboxylic acids is 1. The van der Waals surface area contributed by atoms with Gasteiger partial charge in [0.15, 0.2) is 0 Å². The third kappa shape index (κ3) is 5.08. The normalized spacial score (nSPS) is 16.0. The van der Waals surface area contributed by atoms with Gasteiger partial charge >= 0.3 is 5.97 Å². The van der Waals surface area contributed by atoms with E-state index in [-0.39, 0.29) is 29.5 Å². The van der Waals surface area contributed by atoms with Crippen LogP contribution in [0.25, 0.3) is 17.4 Å². The summed E-state index contributed by atoms with van der Waals surface area (Å²) < 4.78 is 33.0. The van der Waals surface area contributed by atoms with Crippen molar-refractivity contribution in [1.82, 2.24) is 4.90 Å². The first kappa shape index (κ1) is 22.5. The van der Waals surface area contributed by atoms with E-state index in [1.807, 2.05) is 0 Å². The average molecular weight is 472 g/mol. The number of nitrogens with zero attached hydrogens (tertiary/aromatic N) is 1. The highest BCUT2D eigenvalue weighted by Gasteiger charge is 2.32. The van der Waals surface area contributed by atoms with Crippen LogP contribution in [0.2, 0.25) is 5.02 Å². The van der Waals surface area contributed by atoms with Gasteiger partial charge in [-0.15, -0.1) is 0 Å². The zero-order valence-electron chi connectivity index (χ0n) is 15.7. The molecule has 1 saturated heterocycles. The number of carboxylic acids is 1. The number of aliphatic carboxylic acids is 1. The Bertz CT molecular complexity index is 1050. The molecule has 158 valence electrons. The minimum atomic E-state index is -3.00. The standard InChI is InChI=1S/C20H16ClF2NO4S2/c1-20(22,23)11-4-6-13(14(21)9-11)15-7-5-12(28-15)10-16-18(27)24(19(29)30-16)8-2-3-17(25)26/h4-7,9-10H,2-3,8H2,1H3,(H,25,26)/b16-10+. The van der Waals surface area contributed by atoms with Gasteiger partial charge in [-0.1, -0.05) is 41.6 Å². The number of carbonyl (C=O) groups is 2. The Kier molecular flexibility index (Phi) is 6.64. The molecule has 1 aliphatic rings. The first-order valence-corrected chi connectivity index (χ1v) is 10.4. The number of benzene rings is 1. The maximum Gasteiger partial charge on any atom is 0.303 e. The van der Waals surface area contributed by atoms with Crippen LogP contribution in [0.3, 0.4) is 0 Å². The number of thioether (sulfide) groups is 1. The zero-order chi connectivity index (χ0) is 22.1. The Morgan fingerprint density at radius 3 is 2.73 bits per heavy atom. The van der Waals surface area contributed by atoms with Gasteiger partial charge in [-0.05, 0) is 30.7 Å². The molecule has 1 fully saturated rings. The Labute approximate surface area is 185 Å². The van der Waals surface area contributed by atoms with Gasteiger partial charge in [-0.2, -0.15) is 0 Å². The van der Waals surface area contributed by atoms with E-state index in [0.29, 0.717) is 32.7 Å². The monoisotopic (exact) mass is 471 g/mol. The Morgan fingerprint density at radius 1 is 1.37 bits per heavy atom. The van der Waals surface area contributed by atoms with Gasteiger partial charge in [-0.3, -0.25) is 14.5 Å². The predicted molar refractivity (Wildman–Crippen MR) is 115 cm³/mol. The van der Waals surface area contributed by atoms with Crippen LogP contribution >= 0.6 is 35.6 Å². The molecule has 3 rings (SSSR count). The van der Waals surface area contributed by atoms with Crippen LogP contribution in [0.15, 0.2) is 39.7 Å². The highest BCUT2D eigenvalue weighted by Crippen LogP contribution is 2.37. The summed E-state index contributed by atoms with van der Waals surface area (Å²) >= 11 is 12.5. The summed E-state index contributed by atoms with van der Waals surface area (Å²) in [6.45, 7) is 1.02. The molecule has 1 amide bonds. The van der Waals surface area contributed by atoms with Gasteiger partial charge in [0.25, 0.3) is 11.8 Å². The SMILES string of the molecule is CC(F)(F)c1ccc(-c2ccc(/C=C3/SC(=S)N(CCCC(=O)O)C3=O)o2)c(Cl)c1. The molecule has 10 heteroatoms. The Hall–Kier alpha value is -2.23. The Balaban J connectivity index is 1.77. The molecule has 0 spiro atoms. The quantitative estimate of drug-likeness (QED) is 0.408. The van der Waals surface area contributed by atoms with E-state index in [4.69, 9.17) is 33.3 Å². The van der Waals surface area contributed by atoms with Crippen LogP contribution < -0.4 is 0 Å². The van der Waals surface area contributed by atoms with Crippen molar-refractivity contribution in [1.29, 1.82) is 0 Å². The maximum absolute atomic E-state index is 13.4. The van der Waals surface area contributed by atoms with E-state index in [0.717, 1.165) is 18.7 Å². The van der Waals surface area contributed by atoms with Gasteiger partial charge < -0.3 is 9.52 Å². The van der Waals surface area contributed by atoms with Gasteiger partial charge in [0.2, 0.25) is 0 Å². The fourth-order valence-electron chi connectivity index (χ4n) is 2.77. The number of rotatable bonds is 7. The molecule has 30 heavy (non-hydrogen) atoms. The smallest absolute Gasteiger partial charge is 0.303 e. The number of hydrogen-bond donors (Lipinski definition) is 1. The molecule has 1 aliphatic heterocycles. The van der Waals surface area contributed by atoms with Crippen molar-refractivity contribution in [3.63, 3.8) is 0 Å². The van der Waals surface area contributed by atoms with E-state index in [1.54, 1.807) is 12.1 Å². The molecule has 0 aliphatic carbocycles. The van der Waals surface area contributed by atoms with Crippen molar-refractivity contribution in [2.45, 2.75) is 25.7 Å². The number of alkyl halides is 2. The van der Waals surface area contributed by atoms with Crippen LogP contribution in [0, 0.1) is 0 Å². The molecule has 2 heterocycles. The van der Waals surface area contributed by atoms with Crippen LogP contribution in [-0.4, -0.2) is 32.7 Å². The summed E-state index contributed by atoms with van der Waals surface area (Å²) in [5.41, 5.74) is 0.250. The fourth-order valence-corrected chi connectivity index (χ4v) is 4.34. The number of amides is 1. The van der Waals surface area contributed by atoms with E-state index >= 15 is 0 Å². The van der Waals surface area contributed by atoms with Crippen LogP contribution in [0.5, 0.6) is 0 Å². The van der Waals surface area contributed by atoms with Crippen molar-refractivity contribution in [3.05, 3.63) is 51.6 Å². The summed E-state index contributed by atoms with van der Waals surface area (Å²) in [6.07, 6.45) is 1.77. The second kappa shape index (κ2) is 8.87. The molecular weight excluding hydrogens is 456 g/mol. The number of carboxylic acid groups (broad SMARTS) is 1. The topological polar surface area (TPSA) is 70.8 Å². The number of thiocarbonyl (C=S) groups is 1. The van der Waals surface area contributed by atoms with Gasteiger partial charge in [0, 0.05) is 37.1 Å². The second-order valence-electron chi connectivity index (χ2n) is 6.62. The minimum absolute atomic E-state index is 0.0544. The molecule has 0 saturated carbocycles.